The Hall–Kier alpha value is -0.460. The summed E-state index contributed by atoms with van der Waals surface area (Å²) in [5.74, 6) is 0.193. The van der Waals surface area contributed by atoms with Crippen molar-refractivity contribution in [3.8, 4) is 0 Å². The largest absolute Gasteiger partial charge is 0.458 e. The highest BCUT2D eigenvalue weighted by molar-refractivity contribution is 7.52. The standard InChI is InChI=1S/C26H54NO6P/c1-6-8-9-10-11-12-13-14-15-16-17-25(7-2)18-20-31-22-26(33-24(3)28)23-32-34(29,30)21-19-27(4)5/h25-26H,6-23H2,1-5H3,(H,29,30)/p+1. The quantitative estimate of drug-likeness (QED) is 0.108. The lowest BCUT2D eigenvalue weighted by Crippen LogP contribution is -3.06. The van der Waals surface area contributed by atoms with Gasteiger partial charge in [0.2, 0.25) is 0 Å². The summed E-state index contributed by atoms with van der Waals surface area (Å²) in [7, 11) is 0.124. The molecule has 0 aliphatic carbocycles. The summed E-state index contributed by atoms with van der Waals surface area (Å²) in [6.45, 7) is 6.97. The van der Waals surface area contributed by atoms with Crippen molar-refractivity contribution in [3.05, 3.63) is 0 Å². The molecule has 0 aromatic carbocycles. The molecule has 0 saturated heterocycles. The van der Waals surface area contributed by atoms with E-state index in [1.54, 1.807) is 0 Å². The van der Waals surface area contributed by atoms with Gasteiger partial charge in [-0.15, -0.1) is 0 Å². The molecule has 0 heterocycles. The van der Waals surface area contributed by atoms with Gasteiger partial charge in [-0.25, -0.2) is 0 Å². The second-order valence-electron chi connectivity index (χ2n) is 9.95. The fraction of sp³-hybridized carbons (Fsp3) is 0.962. The first-order valence-corrected chi connectivity index (χ1v) is 15.5. The fourth-order valence-electron chi connectivity index (χ4n) is 3.92. The number of carbonyl (C=O) groups is 1. The Morgan fingerprint density at radius 2 is 1.50 bits per heavy atom. The number of unbranched alkanes of at least 4 members (excludes halogenated alkanes) is 9. The smallest absolute Gasteiger partial charge is 0.333 e. The Morgan fingerprint density at radius 3 is 2.03 bits per heavy atom. The first-order chi connectivity index (χ1) is 16.2. The van der Waals surface area contributed by atoms with Crippen LogP contribution in [0.5, 0.6) is 0 Å². The Bertz CT molecular complexity index is 531. The van der Waals surface area contributed by atoms with Gasteiger partial charge in [-0.1, -0.05) is 90.9 Å². The van der Waals surface area contributed by atoms with Crippen LogP contribution in [-0.4, -0.2) is 63.6 Å². The van der Waals surface area contributed by atoms with Gasteiger partial charge in [0.05, 0.1) is 40.0 Å². The molecule has 0 rings (SSSR count). The number of esters is 1. The van der Waals surface area contributed by atoms with E-state index in [0.717, 1.165) is 17.7 Å². The van der Waals surface area contributed by atoms with Crippen molar-refractivity contribution in [3.63, 3.8) is 0 Å². The molecule has 8 heteroatoms. The van der Waals surface area contributed by atoms with Crippen molar-refractivity contribution in [1.29, 1.82) is 0 Å². The van der Waals surface area contributed by atoms with E-state index in [-0.39, 0.29) is 19.4 Å². The molecule has 0 amide bonds. The van der Waals surface area contributed by atoms with Crippen molar-refractivity contribution in [1.82, 2.24) is 0 Å². The molecule has 0 radical (unpaired) electrons. The van der Waals surface area contributed by atoms with E-state index in [4.69, 9.17) is 14.0 Å². The minimum atomic E-state index is -3.70. The van der Waals surface area contributed by atoms with Crippen LogP contribution in [0.4, 0.5) is 0 Å². The van der Waals surface area contributed by atoms with E-state index in [1.165, 1.54) is 77.6 Å². The van der Waals surface area contributed by atoms with Crippen LogP contribution in [0.2, 0.25) is 0 Å². The second kappa shape index (κ2) is 21.8. The van der Waals surface area contributed by atoms with Crippen LogP contribution in [0.1, 0.15) is 104 Å². The predicted octanol–water partition coefficient (Wildman–Crippen LogP) is 5.01. The fourth-order valence-corrected chi connectivity index (χ4v) is 5.18. The Kier molecular flexibility index (Phi) is 21.5. The van der Waals surface area contributed by atoms with Gasteiger partial charge in [-0.2, -0.15) is 0 Å². The topological polar surface area (TPSA) is 86.5 Å². The average molecular weight is 509 g/mol. The summed E-state index contributed by atoms with van der Waals surface area (Å²) in [6.07, 6.45) is 16.3. The van der Waals surface area contributed by atoms with Crippen molar-refractivity contribution in [2.24, 2.45) is 5.92 Å². The van der Waals surface area contributed by atoms with Gasteiger partial charge in [0.25, 0.3) is 0 Å². The Morgan fingerprint density at radius 1 is 0.912 bits per heavy atom. The monoisotopic (exact) mass is 508 g/mol. The maximum atomic E-state index is 12.1. The molecule has 0 saturated carbocycles. The van der Waals surface area contributed by atoms with Crippen molar-refractivity contribution in [2.45, 2.75) is 110 Å². The van der Waals surface area contributed by atoms with E-state index < -0.39 is 19.7 Å². The minimum absolute atomic E-state index is 0.0696. The Balaban J connectivity index is 4.02. The lowest BCUT2D eigenvalue weighted by molar-refractivity contribution is -0.855. The highest BCUT2D eigenvalue weighted by Gasteiger charge is 2.24. The number of carbonyl (C=O) groups excluding carboxylic acids is 1. The number of rotatable bonds is 24. The van der Waals surface area contributed by atoms with Crippen LogP contribution in [-0.2, 0) is 23.4 Å². The minimum Gasteiger partial charge on any atom is -0.458 e. The lowest BCUT2D eigenvalue weighted by atomic mass is 9.95. The average Bonchev–Trinajstić information content (AvgIpc) is 2.78. The summed E-state index contributed by atoms with van der Waals surface area (Å²) in [6, 6.07) is 0. The molecule has 3 unspecified atom stereocenters. The van der Waals surface area contributed by atoms with Gasteiger partial charge in [0, 0.05) is 13.5 Å². The Labute approximate surface area is 209 Å². The maximum Gasteiger partial charge on any atom is 0.333 e. The molecule has 0 aliphatic rings. The first kappa shape index (κ1) is 33.5. The molecule has 0 spiro atoms. The number of ether oxygens (including phenoxy) is 2. The van der Waals surface area contributed by atoms with Gasteiger partial charge in [-0.05, 0) is 12.3 Å². The number of hydrogen-bond acceptors (Lipinski definition) is 5. The van der Waals surface area contributed by atoms with Gasteiger partial charge < -0.3 is 23.8 Å². The first-order valence-electron chi connectivity index (χ1n) is 13.7. The zero-order valence-electron chi connectivity index (χ0n) is 22.8. The third-order valence-electron chi connectivity index (χ3n) is 6.21. The highest BCUT2D eigenvalue weighted by Crippen LogP contribution is 2.41. The van der Waals surface area contributed by atoms with E-state index in [9.17, 15) is 14.3 Å². The summed E-state index contributed by atoms with van der Waals surface area (Å²) in [4.78, 5) is 22.4. The highest BCUT2D eigenvalue weighted by atomic mass is 31.2. The third kappa shape index (κ3) is 22.0. The van der Waals surface area contributed by atoms with Gasteiger partial charge in [-0.3, -0.25) is 9.36 Å². The summed E-state index contributed by atoms with van der Waals surface area (Å²) < 4.78 is 28.3. The molecule has 0 aliphatic heterocycles. The summed E-state index contributed by atoms with van der Waals surface area (Å²) >= 11 is 0. The maximum absolute atomic E-state index is 12.1. The number of quaternary nitrogens is 1. The zero-order chi connectivity index (χ0) is 25.7. The van der Waals surface area contributed by atoms with Crippen molar-refractivity contribution >= 4 is 13.6 Å². The lowest BCUT2D eigenvalue weighted by Gasteiger charge is -2.20. The number of nitrogens with one attached hydrogen (secondary N) is 1. The van der Waals surface area contributed by atoms with E-state index in [2.05, 4.69) is 13.8 Å². The second-order valence-corrected chi connectivity index (χ2v) is 11.9. The molecule has 204 valence electrons. The molecule has 34 heavy (non-hydrogen) atoms. The van der Waals surface area contributed by atoms with E-state index in [0.29, 0.717) is 19.1 Å². The number of hydrogen-bond donors (Lipinski definition) is 2. The molecular formula is C26H55NO6P+. The summed E-state index contributed by atoms with van der Waals surface area (Å²) in [5, 5.41) is 0. The SMILES string of the molecule is CCCCCCCCCCCCC(CC)CCOCC(COP(=O)(O)CC[NH+](C)C)OC(C)=O. The molecule has 3 atom stereocenters. The molecule has 0 aromatic heterocycles. The molecular weight excluding hydrogens is 453 g/mol. The molecule has 0 bridgehead atoms. The normalized spacial score (nSPS) is 15.3. The van der Waals surface area contributed by atoms with Crippen molar-refractivity contribution in [2.75, 3.05) is 46.6 Å². The molecule has 0 aromatic rings. The predicted molar refractivity (Wildman–Crippen MR) is 140 cm³/mol. The van der Waals surface area contributed by atoms with Crippen molar-refractivity contribution < 1.29 is 33.2 Å². The van der Waals surface area contributed by atoms with Crippen LogP contribution in [0.25, 0.3) is 0 Å². The van der Waals surface area contributed by atoms with Crippen LogP contribution < -0.4 is 4.90 Å². The zero-order valence-corrected chi connectivity index (χ0v) is 23.7. The van der Waals surface area contributed by atoms with Crippen LogP contribution in [0.15, 0.2) is 0 Å². The van der Waals surface area contributed by atoms with E-state index >= 15 is 0 Å². The van der Waals surface area contributed by atoms with Crippen LogP contribution in [0.3, 0.4) is 0 Å². The van der Waals surface area contributed by atoms with Crippen LogP contribution in [0, 0.1) is 5.92 Å². The van der Waals surface area contributed by atoms with Crippen LogP contribution >= 0.6 is 7.60 Å². The molecule has 0 fully saturated rings. The molecule has 2 N–H and O–H groups in total. The molecule has 7 nitrogen and oxygen atoms in total. The van der Waals surface area contributed by atoms with E-state index in [1.807, 2.05) is 14.1 Å². The third-order valence-corrected chi connectivity index (χ3v) is 7.55. The van der Waals surface area contributed by atoms with Gasteiger partial charge in [0.1, 0.15) is 6.10 Å². The summed E-state index contributed by atoms with van der Waals surface area (Å²) in [5.41, 5.74) is 0. The van der Waals surface area contributed by atoms with Gasteiger partial charge >= 0.3 is 13.6 Å². The van der Waals surface area contributed by atoms with Gasteiger partial charge in [0.15, 0.2) is 0 Å².